The molecule has 0 aliphatic rings. The molecule has 1 heterocycles. The summed E-state index contributed by atoms with van der Waals surface area (Å²) in [5, 5.41) is 30.6. The van der Waals surface area contributed by atoms with Gasteiger partial charge in [0.1, 0.15) is 10.0 Å². The van der Waals surface area contributed by atoms with Crippen molar-refractivity contribution in [1.82, 2.24) is 15.1 Å². The molecule has 1 aromatic carbocycles. The first-order chi connectivity index (χ1) is 10.9. The van der Waals surface area contributed by atoms with Crippen LogP contribution in [-0.2, 0) is 9.59 Å². The Morgan fingerprint density at radius 1 is 1.08 bits per heavy atom. The van der Waals surface area contributed by atoms with Crippen molar-refractivity contribution in [2.24, 2.45) is 0 Å². The number of rotatable bonds is 6. The standard InChI is InChI=1S/C14H13N3O5S.2K/c1-8-15-16-13(23-8)9-3-2-4-10(5-9)14(22)17(6-11(18)19)7-12(20)21;;/h2-5H,6-7H2,1H3,(H,18,19)(H,20,21);;/q;2*+1/p-2. The fraction of sp³-hybridized carbons (Fsp3) is 0.214. The number of hydrogen-bond acceptors (Lipinski definition) is 8. The van der Waals surface area contributed by atoms with E-state index in [1.54, 1.807) is 19.1 Å². The molecule has 0 fully saturated rings. The van der Waals surface area contributed by atoms with E-state index in [0.717, 1.165) is 5.01 Å². The summed E-state index contributed by atoms with van der Waals surface area (Å²) in [5.74, 6) is -3.87. The molecule has 8 nitrogen and oxygen atoms in total. The molecule has 0 unspecified atom stereocenters. The van der Waals surface area contributed by atoms with Crippen LogP contribution in [0.5, 0.6) is 0 Å². The first-order valence-electron chi connectivity index (χ1n) is 6.46. The molecule has 0 radical (unpaired) electrons. The molecular weight excluding hydrogens is 400 g/mol. The average Bonchev–Trinajstić information content (AvgIpc) is 2.91. The average molecular weight is 412 g/mol. The number of carboxylic acid groups (broad SMARTS) is 2. The normalized spacial score (nSPS) is 9.48. The van der Waals surface area contributed by atoms with E-state index in [-0.39, 0.29) is 108 Å². The molecule has 1 aromatic heterocycles. The van der Waals surface area contributed by atoms with Crippen molar-refractivity contribution < 1.29 is 127 Å². The number of hydrogen-bond donors (Lipinski definition) is 0. The number of nitrogens with zero attached hydrogens (tertiary/aromatic N) is 3. The van der Waals surface area contributed by atoms with Gasteiger partial charge in [-0.1, -0.05) is 23.5 Å². The summed E-state index contributed by atoms with van der Waals surface area (Å²) >= 11 is 1.34. The third kappa shape index (κ3) is 7.93. The van der Waals surface area contributed by atoms with Crippen LogP contribution in [0.4, 0.5) is 0 Å². The van der Waals surface area contributed by atoms with Crippen molar-refractivity contribution in [1.29, 1.82) is 0 Å². The Morgan fingerprint density at radius 2 is 1.68 bits per heavy atom. The Balaban J connectivity index is 0.00000288. The van der Waals surface area contributed by atoms with Crippen molar-refractivity contribution in [3.05, 3.63) is 34.8 Å². The minimum Gasteiger partial charge on any atom is -0.548 e. The number of aliphatic carboxylic acids is 2. The van der Waals surface area contributed by atoms with Gasteiger partial charge >= 0.3 is 103 Å². The van der Waals surface area contributed by atoms with Crippen LogP contribution < -0.4 is 113 Å². The minimum atomic E-state index is -1.56. The zero-order valence-electron chi connectivity index (χ0n) is 14.0. The summed E-state index contributed by atoms with van der Waals surface area (Å²) in [4.78, 5) is 34.3. The van der Waals surface area contributed by atoms with Gasteiger partial charge in [0.25, 0.3) is 5.91 Å². The predicted octanol–water partition coefficient (Wildman–Crippen LogP) is -7.54. The molecule has 25 heavy (non-hydrogen) atoms. The number of aryl methyl sites for hydroxylation is 1. The van der Waals surface area contributed by atoms with Gasteiger partial charge in [-0.05, 0) is 19.1 Å². The molecule has 0 saturated carbocycles. The van der Waals surface area contributed by atoms with Crippen LogP contribution in [0.1, 0.15) is 15.4 Å². The van der Waals surface area contributed by atoms with E-state index in [9.17, 15) is 24.6 Å². The Kier molecular flexibility index (Phi) is 12.2. The molecule has 0 spiro atoms. The number of carboxylic acids is 2. The maximum Gasteiger partial charge on any atom is 1.00 e. The maximum absolute atomic E-state index is 12.3. The van der Waals surface area contributed by atoms with E-state index >= 15 is 0 Å². The SMILES string of the molecule is Cc1nnc(-c2cccc(C(=O)N(CC(=O)[O-])CC(=O)[O-])c2)s1.[K+].[K+]. The molecule has 0 N–H and O–H groups in total. The van der Waals surface area contributed by atoms with Crippen LogP contribution in [0, 0.1) is 6.92 Å². The molecule has 2 rings (SSSR count). The molecule has 0 aliphatic heterocycles. The largest absolute Gasteiger partial charge is 1.00 e. The van der Waals surface area contributed by atoms with Gasteiger partial charge in [0.05, 0.1) is 25.0 Å². The molecule has 11 heteroatoms. The second-order valence-corrected chi connectivity index (χ2v) is 5.79. The van der Waals surface area contributed by atoms with Gasteiger partial charge in [0.2, 0.25) is 0 Å². The first-order valence-corrected chi connectivity index (χ1v) is 7.28. The van der Waals surface area contributed by atoms with Crippen LogP contribution in [0.25, 0.3) is 10.6 Å². The van der Waals surface area contributed by atoms with E-state index in [4.69, 9.17) is 0 Å². The maximum atomic E-state index is 12.3. The van der Waals surface area contributed by atoms with E-state index in [2.05, 4.69) is 10.2 Å². The second-order valence-electron chi connectivity index (χ2n) is 4.61. The zero-order chi connectivity index (χ0) is 17.0. The molecule has 1 amide bonds. The molecule has 2 aromatic rings. The Morgan fingerprint density at radius 3 is 2.16 bits per heavy atom. The molecule has 0 saturated heterocycles. The third-order valence-electron chi connectivity index (χ3n) is 2.81. The van der Waals surface area contributed by atoms with Gasteiger partial charge in [-0.2, -0.15) is 0 Å². The van der Waals surface area contributed by atoms with Gasteiger partial charge in [-0.25, -0.2) is 0 Å². The Bertz CT molecular complexity index is 752. The molecule has 0 aliphatic carbocycles. The molecule has 0 atom stereocenters. The summed E-state index contributed by atoms with van der Waals surface area (Å²) in [5.41, 5.74) is 0.765. The number of carbonyl (C=O) groups is 3. The van der Waals surface area contributed by atoms with Crippen molar-refractivity contribution >= 4 is 29.2 Å². The van der Waals surface area contributed by atoms with Gasteiger partial charge < -0.3 is 24.7 Å². The van der Waals surface area contributed by atoms with E-state index in [1.807, 2.05) is 0 Å². The topological polar surface area (TPSA) is 126 Å². The summed E-state index contributed by atoms with van der Waals surface area (Å²) in [6.07, 6.45) is 0. The van der Waals surface area contributed by atoms with Crippen LogP contribution in [0.2, 0.25) is 0 Å². The fourth-order valence-electron chi connectivity index (χ4n) is 1.89. The van der Waals surface area contributed by atoms with E-state index < -0.39 is 30.9 Å². The quantitative estimate of drug-likeness (QED) is 0.432. The number of carbonyl (C=O) groups excluding carboxylic acids is 3. The summed E-state index contributed by atoms with van der Waals surface area (Å²) in [7, 11) is 0. The van der Waals surface area contributed by atoms with Crippen LogP contribution >= 0.6 is 11.3 Å². The minimum absolute atomic E-state index is 0. The van der Waals surface area contributed by atoms with Crippen LogP contribution in [-0.4, -0.2) is 46.0 Å². The number of aromatic nitrogens is 2. The van der Waals surface area contributed by atoms with Crippen molar-refractivity contribution in [3.63, 3.8) is 0 Å². The number of amides is 1. The third-order valence-corrected chi connectivity index (χ3v) is 3.70. The summed E-state index contributed by atoms with van der Waals surface area (Å²) in [6.45, 7) is 0.113. The molecule has 120 valence electrons. The molecular formula is C14H11K2N3O5S. The van der Waals surface area contributed by atoms with Gasteiger partial charge in [0, 0.05) is 11.1 Å². The van der Waals surface area contributed by atoms with Gasteiger partial charge in [-0.3, -0.25) is 4.79 Å². The summed E-state index contributed by atoms with van der Waals surface area (Å²) < 4.78 is 0. The summed E-state index contributed by atoms with van der Waals surface area (Å²) in [6, 6.07) is 6.27. The monoisotopic (exact) mass is 411 g/mol. The zero-order valence-corrected chi connectivity index (χ0v) is 21.1. The Labute approximate surface area is 232 Å². The van der Waals surface area contributed by atoms with Crippen molar-refractivity contribution in [2.75, 3.05) is 13.1 Å². The van der Waals surface area contributed by atoms with Crippen LogP contribution in [0.15, 0.2) is 24.3 Å². The fourth-order valence-corrected chi connectivity index (χ4v) is 2.58. The van der Waals surface area contributed by atoms with E-state index in [0.29, 0.717) is 15.5 Å². The van der Waals surface area contributed by atoms with Gasteiger partial charge in [0.15, 0.2) is 0 Å². The van der Waals surface area contributed by atoms with Gasteiger partial charge in [-0.15, -0.1) is 10.2 Å². The van der Waals surface area contributed by atoms with Crippen molar-refractivity contribution in [3.8, 4) is 10.6 Å². The predicted molar refractivity (Wildman–Crippen MR) is 76.0 cm³/mol. The Hall–Kier alpha value is 0.463. The second kappa shape index (κ2) is 12.0. The molecule has 0 bridgehead atoms. The van der Waals surface area contributed by atoms with E-state index in [1.165, 1.54) is 23.5 Å². The smallest absolute Gasteiger partial charge is 0.548 e. The van der Waals surface area contributed by atoms with Crippen LogP contribution in [0.3, 0.4) is 0 Å². The number of benzene rings is 1. The first kappa shape index (κ1) is 25.5. The van der Waals surface area contributed by atoms with Crippen molar-refractivity contribution in [2.45, 2.75) is 6.92 Å².